The number of fused-ring (bicyclic) bond motifs is 1. The molecule has 2 aromatic rings. The normalized spacial score (nSPS) is 17.8. The molecule has 1 fully saturated rings. The molecule has 312 valence electrons. The number of hydrogen-bond acceptors (Lipinski definition) is 8. The SMILES string of the molecule is CC(=O)N(C(=O)[C@@H](N)Cc1ccccc1)[C@](CC(C)C)(C(=O)N[C@@H](CC1CCCCC1)[C@@H](O)CC(=O)NCC(C)C)C1COc2ccc(NC(N)=O)cc21.O.O. The highest BCUT2D eigenvalue weighted by Gasteiger charge is 2.58. The average molecular weight is 785 g/mol. The summed E-state index contributed by atoms with van der Waals surface area (Å²) < 4.78 is 6.14. The highest BCUT2D eigenvalue weighted by molar-refractivity contribution is 6.04. The molecule has 0 saturated heterocycles. The summed E-state index contributed by atoms with van der Waals surface area (Å²) in [5.74, 6) is -2.76. The Morgan fingerprint density at radius 3 is 2.21 bits per heavy atom. The summed E-state index contributed by atoms with van der Waals surface area (Å²) in [6.07, 6.45) is 4.05. The second kappa shape index (κ2) is 21.7. The predicted molar refractivity (Wildman–Crippen MR) is 215 cm³/mol. The van der Waals surface area contributed by atoms with Crippen LogP contribution >= 0.6 is 0 Å². The van der Waals surface area contributed by atoms with Crippen molar-refractivity contribution in [2.45, 2.75) is 122 Å². The monoisotopic (exact) mass is 784 g/mol. The van der Waals surface area contributed by atoms with Gasteiger partial charge in [-0.05, 0) is 60.8 Å². The fourth-order valence-electron chi connectivity index (χ4n) is 8.06. The molecule has 12 N–H and O–H groups in total. The van der Waals surface area contributed by atoms with Crippen LogP contribution in [0.2, 0.25) is 0 Å². The van der Waals surface area contributed by atoms with Crippen LogP contribution in [-0.2, 0) is 25.6 Å². The Balaban J connectivity index is 0.00000541. The third-order valence-corrected chi connectivity index (χ3v) is 10.5. The van der Waals surface area contributed by atoms with Crippen molar-refractivity contribution >= 4 is 35.3 Å². The van der Waals surface area contributed by atoms with Crippen LogP contribution in [0.15, 0.2) is 48.5 Å². The number of nitrogens with one attached hydrogen (secondary N) is 3. The van der Waals surface area contributed by atoms with Gasteiger partial charge in [-0.1, -0.05) is 90.1 Å². The molecular weight excluding hydrogens is 720 g/mol. The summed E-state index contributed by atoms with van der Waals surface area (Å²) in [7, 11) is 0. The molecule has 15 heteroatoms. The van der Waals surface area contributed by atoms with Crippen molar-refractivity contribution in [1.82, 2.24) is 15.5 Å². The number of hydrogen-bond donors (Lipinski definition) is 6. The van der Waals surface area contributed by atoms with Crippen LogP contribution in [0.4, 0.5) is 10.5 Å². The molecule has 1 heterocycles. The number of carbonyl (C=O) groups is 5. The maximum atomic E-state index is 15.5. The molecule has 2 aliphatic rings. The van der Waals surface area contributed by atoms with Gasteiger partial charge in [0.2, 0.25) is 23.6 Å². The molecule has 5 atom stereocenters. The molecule has 0 radical (unpaired) electrons. The van der Waals surface area contributed by atoms with E-state index < -0.39 is 53.4 Å². The zero-order chi connectivity index (χ0) is 39.6. The molecular formula is C41H64N6O9. The van der Waals surface area contributed by atoms with Gasteiger partial charge in [-0.15, -0.1) is 0 Å². The molecule has 1 aliphatic carbocycles. The van der Waals surface area contributed by atoms with E-state index in [4.69, 9.17) is 16.2 Å². The van der Waals surface area contributed by atoms with Crippen LogP contribution in [0.25, 0.3) is 0 Å². The van der Waals surface area contributed by atoms with E-state index in [0.29, 0.717) is 30.0 Å². The molecule has 1 saturated carbocycles. The van der Waals surface area contributed by atoms with E-state index in [-0.39, 0.29) is 60.5 Å². The summed E-state index contributed by atoms with van der Waals surface area (Å²) in [4.78, 5) is 70.1. The lowest BCUT2D eigenvalue weighted by Crippen LogP contribution is -2.69. The van der Waals surface area contributed by atoms with Crippen LogP contribution in [0.5, 0.6) is 5.75 Å². The second-order valence-electron chi connectivity index (χ2n) is 15.9. The van der Waals surface area contributed by atoms with Gasteiger partial charge in [-0.25, -0.2) is 4.79 Å². The molecule has 4 rings (SSSR count). The van der Waals surface area contributed by atoms with Crippen molar-refractivity contribution in [3.05, 3.63) is 59.7 Å². The Morgan fingerprint density at radius 1 is 0.964 bits per heavy atom. The van der Waals surface area contributed by atoms with Gasteiger partial charge in [-0.3, -0.25) is 24.1 Å². The highest BCUT2D eigenvalue weighted by Crippen LogP contribution is 2.48. The molecule has 1 unspecified atom stereocenters. The number of carbonyl (C=O) groups excluding carboxylic acids is 5. The molecule has 15 nitrogen and oxygen atoms in total. The fourth-order valence-corrected chi connectivity index (χ4v) is 8.06. The van der Waals surface area contributed by atoms with Gasteiger partial charge in [0.15, 0.2) is 0 Å². The first-order chi connectivity index (χ1) is 25.6. The number of anilines is 1. The smallest absolute Gasteiger partial charge is 0.316 e. The number of nitrogens with two attached hydrogens (primary N) is 2. The van der Waals surface area contributed by atoms with Crippen molar-refractivity contribution in [2.24, 2.45) is 29.2 Å². The van der Waals surface area contributed by atoms with Crippen LogP contribution < -0.4 is 32.2 Å². The lowest BCUT2D eigenvalue weighted by atomic mass is 9.72. The first-order valence-electron chi connectivity index (χ1n) is 19.3. The van der Waals surface area contributed by atoms with E-state index in [9.17, 15) is 24.3 Å². The summed E-state index contributed by atoms with van der Waals surface area (Å²) in [6, 6.07) is 11.2. The van der Waals surface area contributed by atoms with Crippen LogP contribution in [0.1, 0.15) is 103 Å². The Hall–Kier alpha value is -4.57. The molecule has 0 spiro atoms. The first kappa shape index (κ1) is 47.6. The third kappa shape index (κ3) is 12.2. The van der Waals surface area contributed by atoms with Gasteiger partial charge >= 0.3 is 6.03 Å². The zero-order valence-corrected chi connectivity index (χ0v) is 33.4. The van der Waals surface area contributed by atoms with E-state index in [1.54, 1.807) is 18.2 Å². The number of benzene rings is 2. The topological polar surface area (TPSA) is 269 Å². The van der Waals surface area contributed by atoms with Crippen molar-refractivity contribution in [3.8, 4) is 5.75 Å². The fraction of sp³-hybridized carbons (Fsp3) is 0.585. The quantitative estimate of drug-likeness (QED) is 0.139. The second-order valence-corrected chi connectivity index (χ2v) is 15.9. The van der Waals surface area contributed by atoms with Gasteiger partial charge in [0, 0.05) is 24.7 Å². The van der Waals surface area contributed by atoms with Gasteiger partial charge < -0.3 is 48.2 Å². The van der Waals surface area contributed by atoms with Gasteiger partial charge in [0.25, 0.3) is 0 Å². The standard InChI is InChI=1S/C41H60N6O7.2H2O/c1-25(2)22-41(32-24-54-36-17-16-30(20-31(32)36)45-40(43)53,47(27(5)48)38(51)33(42)18-28-12-8-6-9-13-28)39(52)46-34(19-29-14-10-7-11-15-29)35(49)21-37(50)44-23-26(3)4;;/h6,8-9,12-13,16-17,20,25-26,29,32-35,49H,7,10-11,14-15,18-19,21-24,42H2,1-5H3,(H,44,50)(H,46,52)(H3,43,45,53);2*1H2/t32?,33-,34-,35-,41-;;/m0../s1. The number of aliphatic hydroxyl groups is 1. The summed E-state index contributed by atoms with van der Waals surface area (Å²) >= 11 is 0. The largest absolute Gasteiger partial charge is 0.493 e. The Morgan fingerprint density at radius 2 is 1.62 bits per heavy atom. The van der Waals surface area contributed by atoms with Gasteiger partial charge in [-0.2, -0.15) is 0 Å². The summed E-state index contributed by atoms with van der Waals surface area (Å²) in [5, 5.41) is 20.2. The van der Waals surface area contributed by atoms with Crippen molar-refractivity contribution in [3.63, 3.8) is 0 Å². The molecule has 0 aromatic heterocycles. The number of nitrogens with zero attached hydrogens (tertiary/aromatic N) is 1. The molecule has 1 aliphatic heterocycles. The van der Waals surface area contributed by atoms with Gasteiger partial charge in [0.05, 0.1) is 37.1 Å². The van der Waals surface area contributed by atoms with E-state index in [2.05, 4.69) is 16.0 Å². The van der Waals surface area contributed by atoms with Crippen molar-refractivity contribution in [1.29, 1.82) is 0 Å². The van der Waals surface area contributed by atoms with E-state index >= 15 is 4.79 Å². The zero-order valence-electron chi connectivity index (χ0n) is 33.4. The highest BCUT2D eigenvalue weighted by atomic mass is 16.5. The number of imide groups is 1. The number of amides is 6. The van der Waals surface area contributed by atoms with Crippen molar-refractivity contribution in [2.75, 3.05) is 18.5 Å². The van der Waals surface area contributed by atoms with E-state index in [0.717, 1.165) is 42.6 Å². The number of rotatable bonds is 17. The Bertz CT molecular complexity index is 1620. The van der Waals surface area contributed by atoms with Crippen LogP contribution in [0.3, 0.4) is 0 Å². The Labute approximate surface area is 330 Å². The molecule has 56 heavy (non-hydrogen) atoms. The number of aliphatic hydroxyl groups excluding tert-OH is 1. The number of primary amides is 1. The van der Waals surface area contributed by atoms with Crippen molar-refractivity contribution < 1.29 is 44.8 Å². The minimum absolute atomic E-state index is 0. The van der Waals surface area contributed by atoms with E-state index in [1.807, 2.05) is 58.0 Å². The first-order valence-corrected chi connectivity index (χ1v) is 19.3. The maximum absolute atomic E-state index is 15.5. The lowest BCUT2D eigenvalue weighted by Gasteiger charge is -2.47. The summed E-state index contributed by atoms with van der Waals surface area (Å²) in [5.41, 5.74) is 11.8. The lowest BCUT2D eigenvalue weighted by molar-refractivity contribution is -0.162. The van der Waals surface area contributed by atoms with Crippen LogP contribution in [-0.4, -0.2) is 87.5 Å². The predicted octanol–water partition coefficient (Wildman–Crippen LogP) is 2.71. The van der Waals surface area contributed by atoms with E-state index in [1.165, 1.54) is 6.92 Å². The maximum Gasteiger partial charge on any atom is 0.316 e. The minimum atomic E-state index is -1.91. The minimum Gasteiger partial charge on any atom is -0.493 e. The number of ether oxygens (including phenoxy) is 1. The summed E-state index contributed by atoms with van der Waals surface area (Å²) in [6.45, 7) is 9.34. The molecule has 0 bridgehead atoms. The third-order valence-electron chi connectivity index (χ3n) is 10.5. The van der Waals surface area contributed by atoms with Crippen LogP contribution in [0, 0.1) is 17.8 Å². The van der Waals surface area contributed by atoms with Gasteiger partial charge in [0.1, 0.15) is 11.3 Å². The molecule has 2 aromatic carbocycles. The Kier molecular flexibility index (Phi) is 18.4. The average Bonchev–Trinajstić information content (AvgIpc) is 3.54. The molecule has 6 amide bonds. The number of urea groups is 1.